The highest BCUT2D eigenvalue weighted by Gasteiger charge is 2.29. The molecule has 0 unspecified atom stereocenters. The molecule has 0 radical (unpaired) electrons. The molecular weight excluding hydrogens is 266 g/mol. The quantitative estimate of drug-likeness (QED) is 0.916. The van der Waals surface area contributed by atoms with Gasteiger partial charge in [-0.3, -0.25) is 4.79 Å². The van der Waals surface area contributed by atoms with Gasteiger partial charge in [0, 0.05) is 5.41 Å². The van der Waals surface area contributed by atoms with Gasteiger partial charge >= 0.3 is 0 Å². The van der Waals surface area contributed by atoms with E-state index in [4.69, 9.17) is 9.78 Å². The summed E-state index contributed by atoms with van der Waals surface area (Å²) in [5.74, 6) is 0.147. The van der Waals surface area contributed by atoms with Crippen molar-refractivity contribution >= 4 is 11.6 Å². The van der Waals surface area contributed by atoms with Crippen molar-refractivity contribution in [1.82, 2.24) is 5.16 Å². The summed E-state index contributed by atoms with van der Waals surface area (Å²) in [7, 11) is 0. The zero-order chi connectivity index (χ0) is 15.6. The Bertz CT molecular complexity index is 718. The number of hydrogen-bond donors (Lipinski definition) is 1. The third-order valence-corrected chi connectivity index (χ3v) is 3.10. The molecule has 5 heteroatoms. The summed E-state index contributed by atoms with van der Waals surface area (Å²) < 4.78 is 5.16. The largest absolute Gasteiger partial charge is 0.361 e. The minimum Gasteiger partial charge on any atom is -0.361 e. The number of para-hydroxylation sites is 1. The molecule has 1 amide bonds. The van der Waals surface area contributed by atoms with Gasteiger partial charge in [-0.25, -0.2) is 0 Å². The molecule has 0 atom stereocenters. The second-order valence-electron chi connectivity index (χ2n) is 5.82. The summed E-state index contributed by atoms with van der Waals surface area (Å²) in [4.78, 5) is 12.5. The maximum Gasteiger partial charge on any atom is 0.261 e. The number of amides is 1. The molecule has 108 valence electrons. The molecule has 1 aromatic heterocycles. The number of anilines is 1. The van der Waals surface area contributed by atoms with E-state index in [0.29, 0.717) is 28.3 Å². The summed E-state index contributed by atoms with van der Waals surface area (Å²) in [6, 6.07) is 8.91. The molecule has 0 fully saturated rings. The van der Waals surface area contributed by atoms with Gasteiger partial charge in [0.15, 0.2) is 0 Å². The van der Waals surface area contributed by atoms with E-state index in [2.05, 4.69) is 16.5 Å². The molecule has 0 bridgehead atoms. The van der Waals surface area contributed by atoms with Gasteiger partial charge in [0.05, 0.1) is 11.3 Å². The van der Waals surface area contributed by atoms with Crippen molar-refractivity contribution in [2.75, 3.05) is 5.32 Å². The number of hydrogen-bond acceptors (Lipinski definition) is 4. The number of benzene rings is 1. The molecule has 0 aliphatic heterocycles. The van der Waals surface area contributed by atoms with Crippen LogP contribution in [0.25, 0.3) is 0 Å². The van der Waals surface area contributed by atoms with Crippen molar-refractivity contribution in [2.45, 2.75) is 33.1 Å². The van der Waals surface area contributed by atoms with Gasteiger partial charge in [-0.05, 0) is 19.1 Å². The zero-order valence-electron chi connectivity index (χ0n) is 12.5. The van der Waals surface area contributed by atoms with E-state index in [0.717, 1.165) is 0 Å². The third kappa shape index (κ3) is 2.95. The second-order valence-corrected chi connectivity index (χ2v) is 5.82. The monoisotopic (exact) mass is 283 g/mol. The van der Waals surface area contributed by atoms with Crippen LogP contribution in [-0.2, 0) is 5.41 Å². The molecule has 1 aromatic carbocycles. The van der Waals surface area contributed by atoms with Gasteiger partial charge in [-0.1, -0.05) is 38.1 Å². The molecular formula is C16H17N3O2. The minimum atomic E-state index is -0.318. The lowest BCUT2D eigenvalue weighted by molar-refractivity contribution is 0.102. The fraction of sp³-hybridized carbons (Fsp3) is 0.312. The van der Waals surface area contributed by atoms with Crippen LogP contribution in [0.1, 0.15) is 48.1 Å². The SMILES string of the molecule is Cc1onc(C(C)(C)C)c1C(=O)Nc1ccccc1C#N. The number of nitrogens with one attached hydrogen (secondary N) is 1. The molecule has 0 spiro atoms. The van der Waals surface area contributed by atoms with Crippen molar-refractivity contribution < 1.29 is 9.32 Å². The first-order chi connectivity index (χ1) is 9.84. The van der Waals surface area contributed by atoms with Crippen molar-refractivity contribution in [2.24, 2.45) is 0 Å². The smallest absolute Gasteiger partial charge is 0.261 e. The van der Waals surface area contributed by atoms with E-state index in [1.54, 1.807) is 31.2 Å². The Hall–Kier alpha value is -2.61. The fourth-order valence-corrected chi connectivity index (χ4v) is 2.03. The summed E-state index contributed by atoms with van der Waals surface area (Å²) in [6.45, 7) is 7.59. The van der Waals surface area contributed by atoms with Crippen LogP contribution in [0, 0.1) is 18.3 Å². The van der Waals surface area contributed by atoms with Crippen molar-refractivity contribution in [3.63, 3.8) is 0 Å². The van der Waals surface area contributed by atoms with Crippen molar-refractivity contribution in [3.8, 4) is 6.07 Å². The number of aryl methyl sites for hydroxylation is 1. The number of carbonyl (C=O) groups is 1. The zero-order valence-corrected chi connectivity index (χ0v) is 12.5. The van der Waals surface area contributed by atoms with Crippen LogP contribution in [0.2, 0.25) is 0 Å². The standard InChI is InChI=1S/C16H17N3O2/c1-10-13(14(19-21-10)16(2,3)4)15(20)18-12-8-6-5-7-11(12)9-17/h5-8H,1-4H3,(H,18,20). The number of carbonyl (C=O) groups excluding carboxylic acids is 1. The third-order valence-electron chi connectivity index (χ3n) is 3.10. The summed E-state index contributed by atoms with van der Waals surface area (Å²) >= 11 is 0. The lowest BCUT2D eigenvalue weighted by Gasteiger charge is -2.16. The Labute approximate surface area is 123 Å². The van der Waals surface area contributed by atoms with Gasteiger partial charge < -0.3 is 9.84 Å². The van der Waals surface area contributed by atoms with Crippen molar-refractivity contribution in [3.05, 3.63) is 46.8 Å². The first-order valence-corrected chi connectivity index (χ1v) is 6.62. The molecule has 0 saturated carbocycles. The number of rotatable bonds is 2. The molecule has 0 aliphatic carbocycles. The molecule has 0 saturated heterocycles. The molecule has 5 nitrogen and oxygen atoms in total. The van der Waals surface area contributed by atoms with Gasteiger partial charge in [-0.15, -0.1) is 0 Å². The first kappa shape index (κ1) is 14.8. The average Bonchev–Trinajstić information content (AvgIpc) is 2.81. The average molecular weight is 283 g/mol. The minimum absolute atomic E-state index is 0.306. The molecule has 2 rings (SSSR count). The lowest BCUT2D eigenvalue weighted by atomic mass is 9.88. The van der Waals surface area contributed by atoms with Gasteiger partial charge in [0.2, 0.25) is 0 Å². The van der Waals surface area contributed by atoms with Crippen LogP contribution in [0.15, 0.2) is 28.8 Å². The highest BCUT2D eigenvalue weighted by atomic mass is 16.5. The van der Waals surface area contributed by atoms with Crippen LogP contribution in [0.5, 0.6) is 0 Å². The Kier molecular flexibility index (Phi) is 3.81. The van der Waals surface area contributed by atoms with E-state index in [1.165, 1.54) is 0 Å². The topological polar surface area (TPSA) is 78.9 Å². The maximum absolute atomic E-state index is 12.5. The number of nitrogens with zero attached hydrogens (tertiary/aromatic N) is 2. The Balaban J connectivity index is 2.39. The highest BCUT2D eigenvalue weighted by molar-refractivity contribution is 6.06. The van der Waals surface area contributed by atoms with E-state index < -0.39 is 0 Å². The Morgan fingerprint density at radius 1 is 1.33 bits per heavy atom. The first-order valence-electron chi connectivity index (χ1n) is 6.62. The van der Waals surface area contributed by atoms with Gasteiger partial charge in [-0.2, -0.15) is 5.26 Å². The van der Waals surface area contributed by atoms with Crippen LogP contribution in [-0.4, -0.2) is 11.1 Å². The predicted octanol–water partition coefficient (Wildman–Crippen LogP) is 3.40. The second kappa shape index (κ2) is 5.41. The molecule has 2 aromatic rings. The summed E-state index contributed by atoms with van der Waals surface area (Å²) in [5, 5.41) is 15.8. The van der Waals surface area contributed by atoms with E-state index >= 15 is 0 Å². The summed E-state index contributed by atoms with van der Waals surface area (Å²) in [6.07, 6.45) is 0. The van der Waals surface area contributed by atoms with E-state index in [9.17, 15) is 4.79 Å². The number of nitriles is 1. The van der Waals surface area contributed by atoms with E-state index in [-0.39, 0.29) is 11.3 Å². The van der Waals surface area contributed by atoms with Crippen LogP contribution in [0.3, 0.4) is 0 Å². The highest BCUT2D eigenvalue weighted by Crippen LogP contribution is 2.28. The van der Waals surface area contributed by atoms with Gasteiger partial charge in [0.1, 0.15) is 23.1 Å². The van der Waals surface area contributed by atoms with Crippen LogP contribution < -0.4 is 5.32 Å². The van der Waals surface area contributed by atoms with Crippen molar-refractivity contribution in [1.29, 1.82) is 5.26 Å². The Morgan fingerprint density at radius 2 is 2.00 bits per heavy atom. The van der Waals surface area contributed by atoms with E-state index in [1.807, 2.05) is 20.8 Å². The van der Waals surface area contributed by atoms with Gasteiger partial charge in [0.25, 0.3) is 5.91 Å². The Morgan fingerprint density at radius 3 is 2.62 bits per heavy atom. The predicted molar refractivity (Wildman–Crippen MR) is 79.1 cm³/mol. The molecule has 1 heterocycles. The van der Waals surface area contributed by atoms with Crippen LogP contribution in [0.4, 0.5) is 5.69 Å². The summed E-state index contributed by atoms with van der Waals surface area (Å²) in [5.41, 5.74) is 1.61. The molecule has 0 aliphatic rings. The fourth-order valence-electron chi connectivity index (χ4n) is 2.03. The lowest BCUT2D eigenvalue weighted by Crippen LogP contribution is -2.21. The number of aromatic nitrogens is 1. The molecule has 1 N–H and O–H groups in total. The normalized spacial score (nSPS) is 11.0. The van der Waals surface area contributed by atoms with Crippen LogP contribution >= 0.6 is 0 Å². The maximum atomic E-state index is 12.5. The molecule has 21 heavy (non-hydrogen) atoms.